The van der Waals surface area contributed by atoms with Crippen molar-refractivity contribution < 1.29 is 19.8 Å². The molecule has 4 heteroatoms. The predicted molar refractivity (Wildman–Crippen MR) is 107 cm³/mol. The summed E-state index contributed by atoms with van der Waals surface area (Å²) in [5, 5.41) is 18.5. The Bertz CT molecular complexity index is 390. The van der Waals surface area contributed by atoms with Crippen LogP contribution < -0.4 is 0 Å². The fraction of sp³-hybridized carbons (Fsp3) is 0.818. The molecule has 26 heavy (non-hydrogen) atoms. The van der Waals surface area contributed by atoms with Crippen molar-refractivity contribution in [3.05, 3.63) is 12.2 Å². The van der Waals surface area contributed by atoms with Crippen molar-refractivity contribution in [2.45, 2.75) is 104 Å². The number of carboxylic acid groups (broad SMARTS) is 2. The molecule has 0 fully saturated rings. The van der Waals surface area contributed by atoms with Gasteiger partial charge in [-0.2, -0.15) is 0 Å². The summed E-state index contributed by atoms with van der Waals surface area (Å²) in [6, 6.07) is 0. The van der Waals surface area contributed by atoms with E-state index < -0.39 is 17.9 Å². The molecule has 0 heterocycles. The summed E-state index contributed by atoms with van der Waals surface area (Å²) in [6.45, 7) is 4.38. The Labute approximate surface area is 160 Å². The van der Waals surface area contributed by atoms with Gasteiger partial charge in [-0.15, -0.1) is 0 Å². The lowest BCUT2D eigenvalue weighted by Crippen LogP contribution is -2.25. The van der Waals surface area contributed by atoms with E-state index in [9.17, 15) is 14.7 Å². The fourth-order valence-corrected chi connectivity index (χ4v) is 3.34. The van der Waals surface area contributed by atoms with Crippen molar-refractivity contribution in [3.8, 4) is 0 Å². The molecule has 0 aliphatic heterocycles. The molecule has 4 nitrogen and oxygen atoms in total. The van der Waals surface area contributed by atoms with Crippen LogP contribution in [0.1, 0.15) is 104 Å². The molecule has 2 N–H and O–H groups in total. The van der Waals surface area contributed by atoms with E-state index in [-0.39, 0.29) is 12.3 Å². The molecule has 152 valence electrons. The molecule has 2 atom stereocenters. The van der Waals surface area contributed by atoms with Crippen molar-refractivity contribution in [3.63, 3.8) is 0 Å². The SMILES string of the molecule is CCCCCCCC=CC(CCCCCCCC)C(CC(=O)O)C(=O)O. The third-order valence-electron chi connectivity index (χ3n) is 4.98. The van der Waals surface area contributed by atoms with Gasteiger partial charge in [0.2, 0.25) is 0 Å². The second-order valence-corrected chi connectivity index (χ2v) is 7.39. The molecule has 0 aromatic heterocycles. The number of aliphatic carboxylic acids is 2. The van der Waals surface area contributed by atoms with Crippen molar-refractivity contribution in [2.24, 2.45) is 11.8 Å². The topological polar surface area (TPSA) is 74.6 Å². The van der Waals surface area contributed by atoms with Gasteiger partial charge in [-0.05, 0) is 25.2 Å². The standard InChI is InChI=1S/C22H40O4/c1-3-5-7-9-11-13-15-17-19(16-14-12-10-8-6-4-2)20(22(25)26)18-21(23)24/h15,17,19-20H,3-14,16,18H2,1-2H3,(H,23,24)(H,25,26). The zero-order valence-electron chi connectivity index (χ0n) is 16.9. The van der Waals surface area contributed by atoms with Gasteiger partial charge in [-0.25, -0.2) is 0 Å². The number of carboxylic acids is 2. The Morgan fingerprint density at radius 3 is 1.88 bits per heavy atom. The highest BCUT2D eigenvalue weighted by Gasteiger charge is 2.28. The molecule has 2 unspecified atom stereocenters. The average Bonchev–Trinajstić information content (AvgIpc) is 2.60. The number of hydrogen-bond acceptors (Lipinski definition) is 2. The van der Waals surface area contributed by atoms with Gasteiger partial charge in [0.15, 0.2) is 0 Å². The lowest BCUT2D eigenvalue weighted by molar-refractivity contribution is -0.149. The van der Waals surface area contributed by atoms with E-state index in [1.165, 1.54) is 51.4 Å². The summed E-state index contributed by atoms with van der Waals surface area (Å²) in [6.07, 6.45) is 18.5. The van der Waals surface area contributed by atoms with Crippen LogP contribution in [0.25, 0.3) is 0 Å². The largest absolute Gasteiger partial charge is 0.481 e. The maximum Gasteiger partial charge on any atom is 0.307 e. The summed E-state index contributed by atoms with van der Waals surface area (Å²) < 4.78 is 0. The maximum atomic E-state index is 11.6. The van der Waals surface area contributed by atoms with Crippen molar-refractivity contribution in [1.82, 2.24) is 0 Å². The lowest BCUT2D eigenvalue weighted by atomic mass is 9.84. The van der Waals surface area contributed by atoms with E-state index in [4.69, 9.17) is 5.11 Å². The Kier molecular flexibility index (Phi) is 16.2. The first kappa shape index (κ1) is 24.7. The first-order valence-electron chi connectivity index (χ1n) is 10.6. The molecular weight excluding hydrogens is 328 g/mol. The van der Waals surface area contributed by atoms with Gasteiger partial charge in [-0.1, -0.05) is 90.2 Å². The normalized spacial score (nSPS) is 13.8. The molecule has 0 saturated heterocycles. The summed E-state index contributed by atoms with van der Waals surface area (Å²) in [5.41, 5.74) is 0. The van der Waals surface area contributed by atoms with Crippen LogP contribution in [-0.4, -0.2) is 22.2 Å². The van der Waals surface area contributed by atoms with Crippen molar-refractivity contribution >= 4 is 11.9 Å². The molecule has 0 aliphatic rings. The van der Waals surface area contributed by atoms with Crippen molar-refractivity contribution in [2.75, 3.05) is 0 Å². The first-order chi connectivity index (χ1) is 12.5. The summed E-state index contributed by atoms with van der Waals surface area (Å²) in [4.78, 5) is 22.6. The van der Waals surface area contributed by atoms with Gasteiger partial charge in [0.25, 0.3) is 0 Å². The Morgan fingerprint density at radius 1 is 0.808 bits per heavy atom. The predicted octanol–water partition coefficient (Wildman–Crippen LogP) is 6.45. The van der Waals surface area contributed by atoms with Crippen LogP contribution in [0.4, 0.5) is 0 Å². The highest BCUT2D eigenvalue weighted by molar-refractivity contribution is 5.78. The maximum absolute atomic E-state index is 11.6. The zero-order valence-corrected chi connectivity index (χ0v) is 16.9. The molecule has 0 bridgehead atoms. The lowest BCUT2D eigenvalue weighted by Gasteiger charge is -2.20. The monoisotopic (exact) mass is 368 g/mol. The van der Waals surface area contributed by atoms with Crippen LogP contribution in [0.15, 0.2) is 12.2 Å². The van der Waals surface area contributed by atoms with Crippen molar-refractivity contribution in [1.29, 1.82) is 0 Å². The third-order valence-corrected chi connectivity index (χ3v) is 4.98. The van der Waals surface area contributed by atoms with Gasteiger partial charge < -0.3 is 10.2 Å². The minimum absolute atomic E-state index is 0.176. The van der Waals surface area contributed by atoms with E-state index in [2.05, 4.69) is 19.9 Å². The number of hydrogen-bond donors (Lipinski definition) is 2. The average molecular weight is 369 g/mol. The van der Waals surface area contributed by atoms with Gasteiger partial charge in [0.1, 0.15) is 0 Å². The summed E-state index contributed by atoms with van der Waals surface area (Å²) in [7, 11) is 0. The summed E-state index contributed by atoms with van der Waals surface area (Å²) >= 11 is 0. The quantitative estimate of drug-likeness (QED) is 0.215. The van der Waals surface area contributed by atoms with Gasteiger partial charge in [0, 0.05) is 0 Å². The van der Waals surface area contributed by atoms with E-state index >= 15 is 0 Å². The van der Waals surface area contributed by atoms with Gasteiger partial charge >= 0.3 is 11.9 Å². The van der Waals surface area contributed by atoms with Crippen LogP contribution in [0.3, 0.4) is 0 Å². The number of rotatable bonds is 18. The third kappa shape index (κ3) is 13.9. The Hall–Kier alpha value is -1.32. The van der Waals surface area contributed by atoms with E-state index in [1.807, 2.05) is 6.08 Å². The molecule has 0 saturated carbocycles. The highest BCUT2D eigenvalue weighted by Crippen LogP contribution is 2.25. The van der Waals surface area contributed by atoms with Gasteiger partial charge in [-0.3, -0.25) is 9.59 Å². The van der Waals surface area contributed by atoms with Crippen LogP contribution >= 0.6 is 0 Å². The molecule has 0 aliphatic carbocycles. The summed E-state index contributed by atoms with van der Waals surface area (Å²) in [5.74, 6) is -3.01. The molecule has 0 amide bonds. The van der Waals surface area contributed by atoms with Crippen LogP contribution in [0.5, 0.6) is 0 Å². The smallest absolute Gasteiger partial charge is 0.307 e. The second kappa shape index (κ2) is 17.1. The van der Waals surface area contributed by atoms with Crippen LogP contribution in [-0.2, 0) is 9.59 Å². The minimum Gasteiger partial charge on any atom is -0.481 e. The minimum atomic E-state index is -1.03. The number of allylic oxidation sites excluding steroid dienone is 2. The fourth-order valence-electron chi connectivity index (χ4n) is 3.34. The van der Waals surface area contributed by atoms with E-state index in [0.717, 1.165) is 32.1 Å². The molecule has 0 aromatic carbocycles. The zero-order chi connectivity index (χ0) is 19.6. The number of unbranched alkanes of at least 4 members (excludes halogenated alkanes) is 10. The molecule has 0 radical (unpaired) electrons. The molecule has 0 spiro atoms. The molecule has 0 aromatic rings. The Morgan fingerprint density at radius 2 is 1.35 bits per heavy atom. The highest BCUT2D eigenvalue weighted by atomic mass is 16.4. The molecular formula is C22H40O4. The van der Waals surface area contributed by atoms with Gasteiger partial charge in [0.05, 0.1) is 12.3 Å². The number of carbonyl (C=O) groups is 2. The van der Waals surface area contributed by atoms with E-state index in [1.54, 1.807) is 0 Å². The van der Waals surface area contributed by atoms with Crippen LogP contribution in [0.2, 0.25) is 0 Å². The second-order valence-electron chi connectivity index (χ2n) is 7.39. The first-order valence-corrected chi connectivity index (χ1v) is 10.6. The van der Waals surface area contributed by atoms with E-state index in [0.29, 0.717) is 0 Å². The van der Waals surface area contributed by atoms with Crippen LogP contribution in [0, 0.1) is 11.8 Å². The Balaban J connectivity index is 4.50. The molecule has 0 rings (SSSR count).